The van der Waals surface area contributed by atoms with E-state index in [0.29, 0.717) is 71.7 Å². The Morgan fingerprint density at radius 3 is 1.98 bits per heavy atom. The van der Waals surface area contributed by atoms with Crippen LogP contribution in [0.25, 0.3) is 0 Å². The molecule has 1 heterocycles. The van der Waals surface area contributed by atoms with Crippen LogP contribution in [0.3, 0.4) is 0 Å². The Bertz CT molecular complexity index is 1440. The third kappa shape index (κ3) is 17.9. The first-order valence-electron chi connectivity index (χ1n) is 19.6. The van der Waals surface area contributed by atoms with Gasteiger partial charge in [-0.1, -0.05) is 74.5 Å². The fourth-order valence-electron chi connectivity index (χ4n) is 6.22. The Morgan fingerprint density at radius 1 is 0.745 bits per heavy atom. The maximum Gasteiger partial charge on any atom is 0.336 e. The summed E-state index contributed by atoms with van der Waals surface area (Å²) in [6.07, 6.45) is 3.28. The molecule has 14 heteroatoms. The van der Waals surface area contributed by atoms with Gasteiger partial charge in [0.2, 0.25) is 17.7 Å². The van der Waals surface area contributed by atoms with Gasteiger partial charge in [0.25, 0.3) is 0 Å². The minimum Gasteiger partial charge on any atom is -0.391 e. The van der Waals surface area contributed by atoms with Crippen LogP contribution in [0.15, 0.2) is 60.7 Å². The highest BCUT2D eigenvalue weighted by atomic mass is 16.6. The zero-order chi connectivity index (χ0) is 39.8. The van der Waals surface area contributed by atoms with Crippen molar-refractivity contribution in [2.45, 2.75) is 89.4 Å². The Balaban J connectivity index is 1.70. The number of carbonyl (C=O) groups is 5. The van der Waals surface area contributed by atoms with Gasteiger partial charge in [0, 0.05) is 20.1 Å². The van der Waals surface area contributed by atoms with E-state index in [2.05, 4.69) is 26.6 Å². The van der Waals surface area contributed by atoms with E-state index in [9.17, 15) is 24.0 Å². The molecule has 14 nitrogen and oxygen atoms in total. The van der Waals surface area contributed by atoms with Crippen LogP contribution in [0.4, 0.5) is 0 Å². The summed E-state index contributed by atoms with van der Waals surface area (Å²) < 4.78 is 15.8. The van der Waals surface area contributed by atoms with Crippen LogP contribution in [-0.2, 0) is 51.0 Å². The predicted molar refractivity (Wildman–Crippen MR) is 210 cm³/mol. The van der Waals surface area contributed by atoms with Gasteiger partial charge in [-0.2, -0.15) is 0 Å². The first kappa shape index (κ1) is 45.2. The molecule has 1 aliphatic rings. The van der Waals surface area contributed by atoms with E-state index in [1.165, 1.54) is 0 Å². The summed E-state index contributed by atoms with van der Waals surface area (Å²) in [5, 5.41) is 14.9. The number of rotatable bonds is 25. The summed E-state index contributed by atoms with van der Waals surface area (Å²) >= 11 is 0. The number of methoxy groups -OCH3 is 1. The Hall–Kier alpha value is -4.21. The molecular formula is C41H62N6O8. The van der Waals surface area contributed by atoms with Gasteiger partial charge in [-0.25, -0.2) is 4.79 Å². The largest absolute Gasteiger partial charge is 0.391 e. The minimum atomic E-state index is -1.11. The molecule has 2 aromatic rings. The second-order valence-corrected chi connectivity index (χ2v) is 14.4. The number of amides is 3. The van der Waals surface area contributed by atoms with E-state index in [1.54, 1.807) is 7.11 Å². The van der Waals surface area contributed by atoms with Crippen LogP contribution in [0, 0.1) is 11.8 Å². The normalized spacial score (nSPS) is 15.4. The Labute approximate surface area is 325 Å². The SMILES string of the molecule is COCCOCCNCCCC[C@@H](NC(=O)[C@@H](CC(C)C)NC(=O)[C@@H](Cc1ccccc1)NC(=O)[C@H](N)Cc1ccccc1)C(=O)OC(=O)C1CCNCC1. The zero-order valence-electron chi connectivity index (χ0n) is 32.7. The standard InChI is InChI=1S/C41H62N6O8/c1-29(2)26-35(47-39(50)36(28-31-14-8-5-9-15-31)46-37(48)33(42)27-30-12-6-4-7-13-30)38(49)45-34(16-10-11-19-43-22-23-54-25-24-53-3)41(52)55-40(51)32-17-20-44-21-18-32/h4-9,12-15,29,32-36,43-44H,10-11,16-28,42H2,1-3H3,(H,45,49)(H,46,48)(H,47,50)/t33-,34-,35-,36-/m1/s1. The van der Waals surface area contributed by atoms with Crippen LogP contribution >= 0.6 is 0 Å². The maximum atomic E-state index is 14.0. The quantitative estimate of drug-likeness (QED) is 0.0490. The predicted octanol–water partition coefficient (Wildman–Crippen LogP) is 1.79. The molecule has 0 radical (unpaired) electrons. The first-order valence-corrected chi connectivity index (χ1v) is 19.6. The molecule has 2 aromatic carbocycles. The lowest BCUT2D eigenvalue weighted by molar-refractivity contribution is -0.165. The average molecular weight is 767 g/mol. The summed E-state index contributed by atoms with van der Waals surface area (Å²) in [7, 11) is 1.62. The van der Waals surface area contributed by atoms with Crippen molar-refractivity contribution < 1.29 is 38.2 Å². The summed E-state index contributed by atoms with van der Waals surface area (Å²) in [6.45, 7) is 8.02. The van der Waals surface area contributed by atoms with Gasteiger partial charge in [0.15, 0.2) is 0 Å². The summed E-state index contributed by atoms with van der Waals surface area (Å²) in [5.74, 6) is -3.50. The Kier molecular flexibility index (Phi) is 21.2. The van der Waals surface area contributed by atoms with Crippen molar-refractivity contribution in [3.8, 4) is 0 Å². The number of hydrogen-bond acceptors (Lipinski definition) is 11. The number of carbonyl (C=O) groups excluding carboxylic acids is 5. The van der Waals surface area contributed by atoms with Crippen molar-refractivity contribution in [2.24, 2.45) is 17.6 Å². The van der Waals surface area contributed by atoms with E-state index in [4.69, 9.17) is 19.9 Å². The van der Waals surface area contributed by atoms with E-state index in [1.807, 2.05) is 74.5 Å². The zero-order valence-corrected chi connectivity index (χ0v) is 32.7. The third-order valence-corrected chi connectivity index (χ3v) is 9.32. The Morgan fingerprint density at radius 2 is 1.35 bits per heavy atom. The van der Waals surface area contributed by atoms with Crippen LogP contribution in [0.2, 0.25) is 0 Å². The van der Waals surface area contributed by atoms with E-state index >= 15 is 0 Å². The number of benzene rings is 2. The molecule has 0 spiro atoms. The van der Waals surface area contributed by atoms with Gasteiger partial charge in [-0.15, -0.1) is 0 Å². The lowest BCUT2D eigenvalue weighted by Gasteiger charge is -2.27. The lowest BCUT2D eigenvalue weighted by atomic mass is 9.98. The molecule has 0 aromatic heterocycles. The first-order chi connectivity index (χ1) is 26.6. The fourth-order valence-corrected chi connectivity index (χ4v) is 6.22. The fraction of sp³-hybridized carbons (Fsp3) is 0.585. The van der Waals surface area contributed by atoms with E-state index in [0.717, 1.165) is 11.1 Å². The number of piperidine rings is 1. The molecule has 4 atom stereocenters. The minimum absolute atomic E-state index is 0.0195. The summed E-state index contributed by atoms with van der Waals surface area (Å²) in [4.78, 5) is 67.6. The van der Waals surface area contributed by atoms with Crippen molar-refractivity contribution in [2.75, 3.05) is 53.1 Å². The maximum absolute atomic E-state index is 14.0. The molecule has 55 heavy (non-hydrogen) atoms. The van der Waals surface area contributed by atoms with Gasteiger partial charge in [-0.05, 0) is 81.6 Å². The summed E-state index contributed by atoms with van der Waals surface area (Å²) in [6, 6.07) is 14.5. The smallest absolute Gasteiger partial charge is 0.336 e. The lowest BCUT2D eigenvalue weighted by Crippen LogP contribution is -2.58. The molecule has 304 valence electrons. The molecule has 3 rings (SSSR count). The number of ether oxygens (including phenoxy) is 3. The molecule has 1 aliphatic heterocycles. The van der Waals surface area contributed by atoms with Crippen molar-refractivity contribution in [1.29, 1.82) is 0 Å². The van der Waals surface area contributed by atoms with E-state index in [-0.39, 0.29) is 31.6 Å². The monoisotopic (exact) mass is 766 g/mol. The summed E-state index contributed by atoms with van der Waals surface area (Å²) in [5.41, 5.74) is 7.96. The van der Waals surface area contributed by atoms with Crippen LogP contribution in [0.1, 0.15) is 63.5 Å². The van der Waals surface area contributed by atoms with Crippen LogP contribution in [-0.4, -0.2) is 107 Å². The van der Waals surface area contributed by atoms with Gasteiger partial charge < -0.3 is 46.5 Å². The van der Waals surface area contributed by atoms with Crippen molar-refractivity contribution >= 4 is 29.7 Å². The van der Waals surface area contributed by atoms with Crippen molar-refractivity contribution in [3.05, 3.63) is 71.8 Å². The molecule has 3 amide bonds. The van der Waals surface area contributed by atoms with Gasteiger partial charge >= 0.3 is 11.9 Å². The third-order valence-electron chi connectivity index (χ3n) is 9.32. The highest BCUT2D eigenvalue weighted by Crippen LogP contribution is 2.16. The molecule has 7 N–H and O–H groups in total. The van der Waals surface area contributed by atoms with Gasteiger partial charge in [0.1, 0.15) is 18.1 Å². The number of esters is 2. The molecule has 0 aliphatic carbocycles. The van der Waals surface area contributed by atoms with E-state index < -0.39 is 59.7 Å². The molecule has 1 saturated heterocycles. The second kappa shape index (κ2) is 25.8. The molecule has 0 bridgehead atoms. The highest BCUT2D eigenvalue weighted by Gasteiger charge is 2.33. The molecule has 0 saturated carbocycles. The number of hydrogen-bond donors (Lipinski definition) is 6. The van der Waals surface area contributed by atoms with Gasteiger partial charge in [-0.3, -0.25) is 19.2 Å². The topological polar surface area (TPSA) is 199 Å². The van der Waals surface area contributed by atoms with Crippen molar-refractivity contribution in [1.82, 2.24) is 26.6 Å². The molecule has 1 fully saturated rings. The number of nitrogens with two attached hydrogens (primary N) is 1. The highest BCUT2D eigenvalue weighted by molar-refractivity contribution is 5.96. The number of unbranched alkanes of at least 4 members (excludes halogenated alkanes) is 1. The van der Waals surface area contributed by atoms with Crippen LogP contribution in [0.5, 0.6) is 0 Å². The second-order valence-electron chi connectivity index (χ2n) is 14.4. The molecular weight excluding hydrogens is 704 g/mol. The van der Waals surface area contributed by atoms with Gasteiger partial charge in [0.05, 0.1) is 31.8 Å². The van der Waals surface area contributed by atoms with Crippen LogP contribution < -0.4 is 32.3 Å². The average Bonchev–Trinajstić information content (AvgIpc) is 3.18. The number of nitrogens with one attached hydrogen (secondary N) is 5. The molecule has 0 unspecified atom stereocenters. The van der Waals surface area contributed by atoms with Crippen molar-refractivity contribution in [3.63, 3.8) is 0 Å².